The van der Waals surface area contributed by atoms with Crippen LogP contribution >= 0.6 is 0 Å². The Morgan fingerprint density at radius 1 is 1.20 bits per heavy atom. The second kappa shape index (κ2) is 4.63. The number of aliphatic hydroxyl groups is 1. The van der Waals surface area contributed by atoms with Gasteiger partial charge in [-0.15, -0.1) is 0 Å². The molecule has 0 aliphatic heterocycles. The van der Waals surface area contributed by atoms with Crippen molar-refractivity contribution in [3.05, 3.63) is 35.4 Å². The molecule has 0 amide bonds. The van der Waals surface area contributed by atoms with Crippen LogP contribution in [0, 0.1) is 0 Å². The highest BCUT2D eigenvalue weighted by atomic mass is 19.4. The van der Waals surface area contributed by atoms with Crippen LogP contribution in [0.2, 0.25) is 0 Å². The Bertz CT molecular complexity index is 307. The van der Waals surface area contributed by atoms with Crippen LogP contribution in [0.4, 0.5) is 13.2 Å². The number of benzene rings is 1. The molecule has 1 atom stereocenters. The Balaban J connectivity index is 2.73. The Morgan fingerprint density at radius 3 is 2.13 bits per heavy atom. The molecule has 0 saturated heterocycles. The largest absolute Gasteiger partial charge is 0.416 e. The van der Waals surface area contributed by atoms with Gasteiger partial charge in [0.25, 0.3) is 0 Å². The summed E-state index contributed by atoms with van der Waals surface area (Å²) in [7, 11) is 0. The van der Waals surface area contributed by atoms with Gasteiger partial charge in [-0.1, -0.05) is 12.1 Å². The molecular weight excluding hydrogens is 207 g/mol. The van der Waals surface area contributed by atoms with E-state index in [1.807, 2.05) is 0 Å². The quantitative estimate of drug-likeness (QED) is 0.810. The Morgan fingerprint density at radius 2 is 1.73 bits per heavy atom. The minimum absolute atomic E-state index is 0.180. The summed E-state index contributed by atoms with van der Waals surface area (Å²) in [4.78, 5) is 0. The topological polar surface area (TPSA) is 46.2 Å². The number of hydrogen-bond donors (Lipinski definition) is 2. The van der Waals surface area contributed by atoms with E-state index in [2.05, 4.69) is 0 Å². The SMILES string of the molecule is NC(CO)Cc1ccc(C(F)(F)F)cc1. The lowest BCUT2D eigenvalue weighted by Crippen LogP contribution is -2.26. The summed E-state index contributed by atoms with van der Waals surface area (Å²) in [5.74, 6) is 0. The molecule has 0 bridgehead atoms. The third kappa shape index (κ3) is 3.53. The van der Waals surface area contributed by atoms with Crippen molar-refractivity contribution in [1.82, 2.24) is 0 Å². The Kier molecular flexibility index (Phi) is 3.71. The molecule has 0 aliphatic rings. The van der Waals surface area contributed by atoms with Crippen LogP contribution in [0.5, 0.6) is 0 Å². The van der Waals surface area contributed by atoms with Crippen molar-refractivity contribution in [3.8, 4) is 0 Å². The van der Waals surface area contributed by atoms with Gasteiger partial charge in [-0.2, -0.15) is 13.2 Å². The molecule has 15 heavy (non-hydrogen) atoms. The normalized spacial score (nSPS) is 13.9. The summed E-state index contributed by atoms with van der Waals surface area (Å²) in [6, 6.07) is 4.34. The smallest absolute Gasteiger partial charge is 0.395 e. The van der Waals surface area contributed by atoms with E-state index in [9.17, 15) is 13.2 Å². The van der Waals surface area contributed by atoms with Crippen molar-refractivity contribution in [1.29, 1.82) is 0 Å². The number of rotatable bonds is 3. The van der Waals surface area contributed by atoms with Crippen molar-refractivity contribution < 1.29 is 18.3 Å². The lowest BCUT2D eigenvalue weighted by atomic mass is 10.1. The van der Waals surface area contributed by atoms with Crippen LogP contribution in [0.1, 0.15) is 11.1 Å². The van der Waals surface area contributed by atoms with Crippen LogP contribution in [-0.4, -0.2) is 17.8 Å². The van der Waals surface area contributed by atoms with Crippen molar-refractivity contribution in [3.63, 3.8) is 0 Å². The van der Waals surface area contributed by atoms with Gasteiger partial charge in [-0.05, 0) is 24.1 Å². The lowest BCUT2D eigenvalue weighted by molar-refractivity contribution is -0.137. The average Bonchev–Trinajstić information content (AvgIpc) is 2.17. The predicted molar refractivity (Wildman–Crippen MR) is 50.2 cm³/mol. The van der Waals surface area contributed by atoms with Crippen LogP contribution in [0.25, 0.3) is 0 Å². The first kappa shape index (κ1) is 12.0. The second-order valence-electron chi connectivity index (χ2n) is 3.34. The molecule has 5 heteroatoms. The van der Waals surface area contributed by atoms with Gasteiger partial charge in [0.15, 0.2) is 0 Å². The lowest BCUT2D eigenvalue weighted by Gasteiger charge is -2.10. The maximum atomic E-state index is 12.2. The first-order valence-electron chi connectivity index (χ1n) is 4.46. The van der Waals surface area contributed by atoms with Gasteiger partial charge in [0.05, 0.1) is 12.2 Å². The van der Waals surface area contributed by atoms with Gasteiger partial charge in [0.2, 0.25) is 0 Å². The van der Waals surface area contributed by atoms with Gasteiger partial charge in [0.1, 0.15) is 0 Å². The zero-order valence-corrected chi connectivity index (χ0v) is 7.96. The van der Waals surface area contributed by atoms with Crippen molar-refractivity contribution >= 4 is 0 Å². The van der Waals surface area contributed by atoms with Gasteiger partial charge in [-0.25, -0.2) is 0 Å². The highest BCUT2D eigenvalue weighted by Crippen LogP contribution is 2.29. The second-order valence-corrected chi connectivity index (χ2v) is 3.34. The summed E-state index contributed by atoms with van der Waals surface area (Å²) in [6.45, 7) is -0.180. The van der Waals surface area contributed by atoms with E-state index in [-0.39, 0.29) is 6.61 Å². The number of alkyl halides is 3. The molecule has 0 aliphatic carbocycles. The molecule has 0 fully saturated rings. The van der Waals surface area contributed by atoms with Crippen molar-refractivity contribution in [2.75, 3.05) is 6.61 Å². The molecule has 1 aromatic rings. The van der Waals surface area contributed by atoms with Gasteiger partial charge in [-0.3, -0.25) is 0 Å². The number of halogens is 3. The summed E-state index contributed by atoms with van der Waals surface area (Å²) in [6.07, 6.45) is -3.94. The third-order valence-electron chi connectivity index (χ3n) is 2.01. The third-order valence-corrected chi connectivity index (χ3v) is 2.01. The number of nitrogens with two attached hydrogens (primary N) is 1. The molecule has 0 radical (unpaired) electrons. The molecule has 0 spiro atoms. The first-order chi connectivity index (χ1) is 6.93. The zero-order chi connectivity index (χ0) is 11.5. The fourth-order valence-electron chi connectivity index (χ4n) is 1.20. The van der Waals surface area contributed by atoms with Crippen LogP contribution in [0.15, 0.2) is 24.3 Å². The Hall–Kier alpha value is -1.07. The minimum atomic E-state index is -4.31. The van der Waals surface area contributed by atoms with Gasteiger partial charge < -0.3 is 10.8 Å². The molecule has 1 unspecified atom stereocenters. The van der Waals surface area contributed by atoms with E-state index in [1.165, 1.54) is 12.1 Å². The molecule has 2 nitrogen and oxygen atoms in total. The van der Waals surface area contributed by atoms with E-state index < -0.39 is 17.8 Å². The molecule has 1 rings (SSSR count). The van der Waals surface area contributed by atoms with E-state index in [0.717, 1.165) is 12.1 Å². The predicted octanol–water partition coefficient (Wildman–Crippen LogP) is 1.57. The molecule has 0 saturated carbocycles. The number of aliphatic hydroxyl groups excluding tert-OH is 1. The van der Waals surface area contributed by atoms with Crippen molar-refractivity contribution in [2.45, 2.75) is 18.6 Å². The van der Waals surface area contributed by atoms with Crippen LogP contribution in [0.3, 0.4) is 0 Å². The average molecular weight is 219 g/mol. The monoisotopic (exact) mass is 219 g/mol. The maximum absolute atomic E-state index is 12.2. The zero-order valence-electron chi connectivity index (χ0n) is 7.96. The summed E-state index contributed by atoms with van der Waals surface area (Å²) >= 11 is 0. The minimum Gasteiger partial charge on any atom is -0.395 e. The Labute approximate surface area is 85.5 Å². The molecule has 84 valence electrons. The highest BCUT2D eigenvalue weighted by molar-refractivity contribution is 5.25. The molecule has 0 heterocycles. The van der Waals surface area contributed by atoms with Gasteiger partial charge in [0, 0.05) is 6.04 Å². The van der Waals surface area contributed by atoms with Crippen LogP contribution in [-0.2, 0) is 12.6 Å². The summed E-state index contributed by atoms with van der Waals surface area (Å²) < 4.78 is 36.6. The first-order valence-corrected chi connectivity index (χ1v) is 4.46. The number of hydrogen-bond acceptors (Lipinski definition) is 2. The maximum Gasteiger partial charge on any atom is 0.416 e. The van der Waals surface area contributed by atoms with E-state index in [4.69, 9.17) is 10.8 Å². The fourth-order valence-corrected chi connectivity index (χ4v) is 1.20. The molecular formula is C10H12F3NO. The summed E-state index contributed by atoms with van der Waals surface area (Å²) in [5.41, 5.74) is 5.46. The van der Waals surface area contributed by atoms with E-state index in [0.29, 0.717) is 12.0 Å². The summed E-state index contributed by atoms with van der Waals surface area (Å²) in [5, 5.41) is 8.67. The highest BCUT2D eigenvalue weighted by Gasteiger charge is 2.29. The van der Waals surface area contributed by atoms with Gasteiger partial charge >= 0.3 is 6.18 Å². The van der Waals surface area contributed by atoms with Crippen molar-refractivity contribution in [2.24, 2.45) is 5.73 Å². The molecule has 1 aromatic carbocycles. The molecule has 0 aromatic heterocycles. The fraction of sp³-hybridized carbons (Fsp3) is 0.400. The van der Waals surface area contributed by atoms with E-state index in [1.54, 1.807) is 0 Å². The van der Waals surface area contributed by atoms with E-state index >= 15 is 0 Å². The standard InChI is InChI=1S/C10H12F3NO/c11-10(12,13)8-3-1-7(2-4-8)5-9(14)6-15/h1-4,9,15H,5-6,14H2. The van der Waals surface area contributed by atoms with Crippen LogP contribution < -0.4 is 5.73 Å². The molecule has 3 N–H and O–H groups in total.